The molecule has 0 saturated carbocycles. The van der Waals surface area contributed by atoms with E-state index < -0.39 is 0 Å². The van der Waals surface area contributed by atoms with Crippen LogP contribution in [0.2, 0.25) is 5.02 Å². The molecule has 5 heteroatoms. The van der Waals surface area contributed by atoms with Crippen molar-refractivity contribution in [1.82, 2.24) is 4.90 Å². The zero-order valence-electron chi connectivity index (χ0n) is 11.2. The smallest absolute Gasteiger partial charge is 0.222 e. The van der Waals surface area contributed by atoms with Crippen molar-refractivity contribution < 1.29 is 13.9 Å². The first kappa shape index (κ1) is 13.8. The lowest BCUT2D eigenvalue weighted by molar-refractivity contribution is -0.138. The van der Waals surface area contributed by atoms with Crippen molar-refractivity contribution in [2.45, 2.75) is 25.8 Å². The summed E-state index contributed by atoms with van der Waals surface area (Å²) in [5, 5.41) is 0.375. The first-order chi connectivity index (χ1) is 9.60. The van der Waals surface area contributed by atoms with Gasteiger partial charge in [-0.15, -0.1) is 0 Å². The van der Waals surface area contributed by atoms with Crippen LogP contribution in [0.3, 0.4) is 0 Å². The number of hydrogen-bond acceptors (Lipinski definition) is 2. The zero-order valence-corrected chi connectivity index (χ0v) is 12.0. The van der Waals surface area contributed by atoms with E-state index in [1.807, 2.05) is 0 Å². The number of halogens is 2. The van der Waals surface area contributed by atoms with E-state index in [1.165, 1.54) is 6.07 Å². The van der Waals surface area contributed by atoms with E-state index >= 15 is 0 Å². The molecule has 108 valence electrons. The SMILES string of the molecule is O=C1CC[C@@]2(CCOC2)CN1Cc1c(F)cccc1Cl. The monoisotopic (exact) mass is 297 g/mol. The molecule has 3 rings (SSSR count). The van der Waals surface area contributed by atoms with Gasteiger partial charge in [0.2, 0.25) is 5.91 Å². The van der Waals surface area contributed by atoms with E-state index in [0.29, 0.717) is 30.2 Å². The van der Waals surface area contributed by atoms with Crippen molar-refractivity contribution in [2.75, 3.05) is 19.8 Å². The maximum atomic E-state index is 13.9. The Morgan fingerprint density at radius 3 is 2.95 bits per heavy atom. The molecule has 0 radical (unpaired) electrons. The van der Waals surface area contributed by atoms with Crippen LogP contribution in [0.4, 0.5) is 4.39 Å². The van der Waals surface area contributed by atoms with Crippen molar-refractivity contribution in [3.63, 3.8) is 0 Å². The lowest BCUT2D eigenvalue weighted by Gasteiger charge is -2.39. The summed E-state index contributed by atoms with van der Waals surface area (Å²) >= 11 is 6.04. The number of amides is 1. The van der Waals surface area contributed by atoms with Gasteiger partial charge in [0, 0.05) is 35.6 Å². The van der Waals surface area contributed by atoms with E-state index in [4.69, 9.17) is 16.3 Å². The Morgan fingerprint density at radius 1 is 1.40 bits per heavy atom. The first-order valence-electron chi connectivity index (χ1n) is 6.88. The number of ether oxygens (including phenoxy) is 1. The Morgan fingerprint density at radius 2 is 2.25 bits per heavy atom. The van der Waals surface area contributed by atoms with Crippen molar-refractivity contribution >= 4 is 17.5 Å². The molecule has 2 heterocycles. The molecule has 1 amide bonds. The number of rotatable bonds is 2. The molecule has 2 saturated heterocycles. The molecular formula is C15H17ClFNO2. The summed E-state index contributed by atoms with van der Waals surface area (Å²) in [6.45, 7) is 2.33. The molecule has 0 N–H and O–H groups in total. The largest absolute Gasteiger partial charge is 0.381 e. The van der Waals surface area contributed by atoms with Crippen molar-refractivity contribution in [3.8, 4) is 0 Å². The predicted molar refractivity (Wildman–Crippen MR) is 73.9 cm³/mol. The van der Waals surface area contributed by atoms with E-state index in [-0.39, 0.29) is 23.7 Å². The minimum absolute atomic E-state index is 0.0612. The summed E-state index contributed by atoms with van der Waals surface area (Å²) in [4.78, 5) is 13.8. The zero-order chi connectivity index (χ0) is 14.2. The summed E-state index contributed by atoms with van der Waals surface area (Å²) in [5.74, 6) is -0.283. The second-order valence-corrected chi connectivity index (χ2v) is 6.16. The highest BCUT2D eigenvalue weighted by Crippen LogP contribution is 2.38. The molecule has 2 fully saturated rings. The average Bonchev–Trinajstić information content (AvgIpc) is 2.87. The molecule has 2 aliphatic heterocycles. The number of likely N-dealkylation sites (tertiary alicyclic amines) is 1. The number of carbonyl (C=O) groups excluding carboxylic acids is 1. The third-order valence-corrected chi connectivity index (χ3v) is 4.70. The molecule has 2 aliphatic rings. The van der Waals surface area contributed by atoms with Crippen LogP contribution in [0.5, 0.6) is 0 Å². The van der Waals surface area contributed by atoms with Gasteiger partial charge in [-0.25, -0.2) is 4.39 Å². The Bertz CT molecular complexity index is 508. The number of benzene rings is 1. The fraction of sp³-hybridized carbons (Fsp3) is 0.533. The minimum Gasteiger partial charge on any atom is -0.381 e. The number of piperidine rings is 1. The second-order valence-electron chi connectivity index (χ2n) is 5.75. The molecular weight excluding hydrogens is 281 g/mol. The maximum absolute atomic E-state index is 13.9. The third kappa shape index (κ3) is 2.54. The van der Waals surface area contributed by atoms with Crippen LogP contribution >= 0.6 is 11.6 Å². The summed E-state index contributed by atoms with van der Waals surface area (Å²) in [5.41, 5.74) is 0.463. The first-order valence-corrected chi connectivity index (χ1v) is 7.26. The summed E-state index contributed by atoms with van der Waals surface area (Å²) in [6.07, 6.45) is 2.35. The van der Waals surface area contributed by atoms with Crippen LogP contribution in [0.1, 0.15) is 24.8 Å². The van der Waals surface area contributed by atoms with Crippen LogP contribution in [0.25, 0.3) is 0 Å². The summed E-state index contributed by atoms with van der Waals surface area (Å²) < 4.78 is 19.3. The molecule has 1 spiro atoms. The molecule has 0 unspecified atom stereocenters. The Hall–Kier alpha value is -1.13. The van der Waals surface area contributed by atoms with Gasteiger partial charge in [0.05, 0.1) is 13.2 Å². The maximum Gasteiger partial charge on any atom is 0.222 e. The molecule has 0 aliphatic carbocycles. The van der Waals surface area contributed by atoms with E-state index in [2.05, 4.69) is 0 Å². The van der Waals surface area contributed by atoms with Crippen LogP contribution in [-0.4, -0.2) is 30.6 Å². The fourth-order valence-electron chi connectivity index (χ4n) is 3.09. The van der Waals surface area contributed by atoms with E-state index in [9.17, 15) is 9.18 Å². The van der Waals surface area contributed by atoms with Gasteiger partial charge in [-0.05, 0) is 25.0 Å². The van der Waals surface area contributed by atoms with E-state index in [1.54, 1.807) is 17.0 Å². The summed E-state index contributed by atoms with van der Waals surface area (Å²) in [6, 6.07) is 4.61. The lowest BCUT2D eigenvalue weighted by atomic mass is 9.79. The predicted octanol–water partition coefficient (Wildman–Crippen LogP) is 3.01. The molecule has 1 aromatic carbocycles. The number of nitrogens with zero attached hydrogens (tertiary/aromatic N) is 1. The Kier molecular flexibility index (Phi) is 3.69. The van der Waals surface area contributed by atoms with Gasteiger partial charge in [-0.3, -0.25) is 4.79 Å². The highest BCUT2D eigenvalue weighted by Gasteiger charge is 2.41. The topological polar surface area (TPSA) is 29.5 Å². The van der Waals surface area contributed by atoms with Crippen LogP contribution in [0.15, 0.2) is 18.2 Å². The van der Waals surface area contributed by atoms with Crippen LogP contribution in [0, 0.1) is 11.2 Å². The minimum atomic E-state index is -0.354. The van der Waals surface area contributed by atoms with Crippen LogP contribution < -0.4 is 0 Å². The van der Waals surface area contributed by atoms with Crippen molar-refractivity contribution in [2.24, 2.45) is 5.41 Å². The normalized spacial score (nSPS) is 26.5. The quantitative estimate of drug-likeness (QED) is 0.840. The highest BCUT2D eigenvalue weighted by molar-refractivity contribution is 6.31. The van der Waals surface area contributed by atoms with Crippen LogP contribution in [-0.2, 0) is 16.1 Å². The van der Waals surface area contributed by atoms with E-state index in [0.717, 1.165) is 19.4 Å². The molecule has 3 nitrogen and oxygen atoms in total. The van der Waals surface area contributed by atoms with Gasteiger partial charge in [0.25, 0.3) is 0 Å². The third-order valence-electron chi connectivity index (χ3n) is 4.34. The van der Waals surface area contributed by atoms with Gasteiger partial charge in [0.1, 0.15) is 5.82 Å². The lowest BCUT2D eigenvalue weighted by Crippen LogP contribution is -2.46. The fourth-order valence-corrected chi connectivity index (χ4v) is 3.31. The van der Waals surface area contributed by atoms with Crippen molar-refractivity contribution in [3.05, 3.63) is 34.6 Å². The molecule has 1 aromatic rings. The standard InChI is InChI=1S/C15H17ClFNO2/c16-12-2-1-3-13(17)11(12)8-18-9-15(5-4-14(18)19)6-7-20-10-15/h1-3H,4-10H2/t15-/m1/s1. The second kappa shape index (κ2) is 5.34. The van der Waals surface area contributed by atoms with Gasteiger partial charge in [-0.2, -0.15) is 0 Å². The van der Waals surface area contributed by atoms with Gasteiger partial charge in [0.15, 0.2) is 0 Å². The summed E-state index contributed by atoms with van der Waals surface area (Å²) in [7, 11) is 0. The Balaban J connectivity index is 1.80. The molecule has 20 heavy (non-hydrogen) atoms. The number of carbonyl (C=O) groups is 1. The molecule has 0 bridgehead atoms. The van der Waals surface area contributed by atoms with Gasteiger partial charge >= 0.3 is 0 Å². The highest BCUT2D eigenvalue weighted by atomic mass is 35.5. The van der Waals surface area contributed by atoms with Gasteiger partial charge < -0.3 is 9.64 Å². The number of hydrogen-bond donors (Lipinski definition) is 0. The van der Waals surface area contributed by atoms with Crippen molar-refractivity contribution in [1.29, 1.82) is 0 Å². The van der Waals surface area contributed by atoms with Gasteiger partial charge in [-0.1, -0.05) is 17.7 Å². The Labute approximate surface area is 122 Å². The average molecular weight is 298 g/mol. The molecule has 1 atom stereocenters. The molecule has 0 aromatic heterocycles.